The van der Waals surface area contributed by atoms with Gasteiger partial charge >= 0.3 is 5.97 Å². The fourth-order valence-corrected chi connectivity index (χ4v) is 3.82. The number of carbonyl (C=O) groups is 1. The maximum Gasteiger partial charge on any atom is 0.302 e. The SMILES string of the molecule is CCCN=C1NC2C(O[C@H](COC(C)=O)[C@@H](C)[C@@H]2C)S1. The molecule has 0 aliphatic carbocycles. The number of ether oxygens (including phenoxy) is 2. The van der Waals surface area contributed by atoms with Gasteiger partial charge < -0.3 is 14.8 Å². The molecule has 2 unspecified atom stereocenters. The summed E-state index contributed by atoms with van der Waals surface area (Å²) in [5, 5.41) is 4.45. The van der Waals surface area contributed by atoms with Crippen LogP contribution in [0.25, 0.3) is 0 Å². The van der Waals surface area contributed by atoms with Gasteiger partial charge in [-0.3, -0.25) is 9.79 Å². The van der Waals surface area contributed by atoms with Gasteiger partial charge in [-0.1, -0.05) is 32.5 Å². The van der Waals surface area contributed by atoms with Crippen LogP contribution in [0.1, 0.15) is 34.1 Å². The average Bonchev–Trinajstić information content (AvgIpc) is 2.82. The van der Waals surface area contributed by atoms with Gasteiger partial charge in [0.1, 0.15) is 12.0 Å². The van der Waals surface area contributed by atoms with E-state index in [4.69, 9.17) is 9.47 Å². The largest absolute Gasteiger partial charge is 0.463 e. The maximum atomic E-state index is 11.0. The maximum absolute atomic E-state index is 11.0. The molecule has 0 radical (unpaired) electrons. The number of amidine groups is 1. The van der Waals surface area contributed by atoms with Crippen molar-refractivity contribution in [3.63, 3.8) is 0 Å². The minimum atomic E-state index is -0.252. The lowest BCUT2D eigenvalue weighted by Gasteiger charge is -2.40. The number of nitrogens with zero attached hydrogens (tertiary/aromatic N) is 1. The zero-order valence-electron chi connectivity index (χ0n) is 12.6. The molecule has 0 saturated carbocycles. The zero-order valence-corrected chi connectivity index (χ0v) is 13.4. The molecule has 0 amide bonds. The lowest BCUT2D eigenvalue weighted by atomic mass is 9.83. The van der Waals surface area contributed by atoms with E-state index in [9.17, 15) is 4.79 Å². The molecule has 2 saturated heterocycles. The molecule has 0 aromatic carbocycles. The highest BCUT2D eigenvalue weighted by atomic mass is 32.2. The summed E-state index contributed by atoms with van der Waals surface area (Å²) in [6.45, 7) is 9.11. The van der Waals surface area contributed by atoms with Crippen molar-refractivity contribution in [3.8, 4) is 0 Å². The van der Waals surface area contributed by atoms with Crippen molar-refractivity contribution in [1.29, 1.82) is 0 Å². The third-order valence-electron chi connectivity index (χ3n) is 4.03. The van der Waals surface area contributed by atoms with E-state index in [0.717, 1.165) is 18.1 Å². The lowest BCUT2D eigenvalue weighted by molar-refractivity contribution is -0.153. The van der Waals surface area contributed by atoms with Crippen molar-refractivity contribution >= 4 is 22.9 Å². The molecule has 2 aliphatic heterocycles. The van der Waals surface area contributed by atoms with Crippen LogP contribution in [-0.4, -0.2) is 41.9 Å². The number of nitrogens with one attached hydrogen (secondary N) is 1. The Kier molecular flexibility index (Phi) is 5.32. The van der Waals surface area contributed by atoms with Crippen LogP contribution in [0.2, 0.25) is 0 Å². The molecule has 114 valence electrons. The number of fused-ring (bicyclic) bond motifs is 1. The van der Waals surface area contributed by atoms with Crippen LogP contribution >= 0.6 is 11.8 Å². The Balaban J connectivity index is 1.99. The van der Waals surface area contributed by atoms with Crippen LogP contribution in [-0.2, 0) is 14.3 Å². The summed E-state index contributed by atoms with van der Waals surface area (Å²) < 4.78 is 11.2. The van der Waals surface area contributed by atoms with Gasteiger partial charge in [0.15, 0.2) is 5.17 Å². The van der Waals surface area contributed by atoms with E-state index in [1.54, 1.807) is 11.8 Å². The van der Waals surface area contributed by atoms with Gasteiger partial charge in [0.2, 0.25) is 0 Å². The smallest absolute Gasteiger partial charge is 0.302 e. The number of aliphatic imine (C=N–C) groups is 1. The second-order valence-electron chi connectivity index (χ2n) is 5.54. The molecule has 0 bridgehead atoms. The molecule has 5 atom stereocenters. The Bertz CT molecular complexity index is 389. The van der Waals surface area contributed by atoms with Gasteiger partial charge in [-0.25, -0.2) is 0 Å². The predicted molar refractivity (Wildman–Crippen MR) is 80.7 cm³/mol. The molecule has 5 nitrogen and oxygen atoms in total. The van der Waals surface area contributed by atoms with Crippen molar-refractivity contribution in [2.75, 3.05) is 13.2 Å². The number of carbonyl (C=O) groups excluding carboxylic acids is 1. The number of esters is 1. The highest BCUT2D eigenvalue weighted by Gasteiger charge is 2.46. The van der Waals surface area contributed by atoms with Crippen molar-refractivity contribution < 1.29 is 14.3 Å². The average molecular weight is 300 g/mol. The van der Waals surface area contributed by atoms with Gasteiger partial charge in [-0.2, -0.15) is 0 Å². The fraction of sp³-hybridized carbons (Fsp3) is 0.857. The van der Waals surface area contributed by atoms with Crippen LogP contribution < -0.4 is 5.32 Å². The molecule has 2 aliphatic rings. The minimum absolute atomic E-state index is 0.0324. The normalized spacial score (nSPS) is 38.4. The summed E-state index contributed by atoms with van der Waals surface area (Å²) in [5.41, 5.74) is 0.0670. The summed E-state index contributed by atoms with van der Waals surface area (Å²) >= 11 is 1.65. The Hall–Kier alpha value is -0.750. The van der Waals surface area contributed by atoms with E-state index >= 15 is 0 Å². The molecule has 2 fully saturated rings. The fourth-order valence-electron chi connectivity index (χ4n) is 2.57. The molecule has 0 spiro atoms. The zero-order chi connectivity index (χ0) is 14.7. The molecule has 6 heteroatoms. The van der Waals surface area contributed by atoms with Gasteiger partial charge in [0, 0.05) is 13.5 Å². The molecule has 20 heavy (non-hydrogen) atoms. The summed E-state index contributed by atoms with van der Waals surface area (Å²) in [7, 11) is 0. The Morgan fingerprint density at radius 3 is 2.85 bits per heavy atom. The molecule has 2 heterocycles. The van der Waals surface area contributed by atoms with Gasteiger partial charge in [-0.15, -0.1) is 0 Å². The topological polar surface area (TPSA) is 59.9 Å². The van der Waals surface area contributed by atoms with Crippen molar-refractivity contribution in [2.45, 2.75) is 51.7 Å². The van der Waals surface area contributed by atoms with Gasteiger partial charge in [-0.05, 0) is 18.3 Å². The highest BCUT2D eigenvalue weighted by Crippen LogP contribution is 2.39. The van der Waals surface area contributed by atoms with Crippen molar-refractivity contribution in [3.05, 3.63) is 0 Å². The Labute approximate surface area is 124 Å². The second-order valence-corrected chi connectivity index (χ2v) is 6.63. The third kappa shape index (κ3) is 3.47. The molecular weight excluding hydrogens is 276 g/mol. The minimum Gasteiger partial charge on any atom is -0.463 e. The first-order chi connectivity index (χ1) is 9.52. The quantitative estimate of drug-likeness (QED) is 0.805. The number of thioether (sulfide) groups is 1. The van der Waals surface area contributed by atoms with Gasteiger partial charge in [0.25, 0.3) is 0 Å². The van der Waals surface area contributed by atoms with Crippen molar-refractivity contribution in [1.82, 2.24) is 5.32 Å². The number of rotatable bonds is 4. The molecular formula is C14H24N2O3S. The first-order valence-corrected chi connectivity index (χ1v) is 8.17. The second kappa shape index (κ2) is 6.80. The van der Waals surface area contributed by atoms with E-state index in [2.05, 4.69) is 31.1 Å². The highest BCUT2D eigenvalue weighted by molar-refractivity contribution is 8.14. The molecule has 0 aromatic heterocycles. The van der Waals surface area contributed by atoms with Crippen LogP contribution in [0.3, 0.4) is 0 Å². The summed E-state index contributed by atoms with van der Waals surface area (Å²) in [6, 6.07) is 0.291. The van der Waals surface area contributed by atoms with Gasteiger partial charge in [0.05, 0.1) is 12.1 Å². The first kappa shape index (κ1) is 15.6. The molecule has 1 N–H and O–H groups in total. The van der Waals surface area contributed by atoms with E-state index in [-0.39, 0.29) is 17.5 Å². The Morgan fingerprint density at radius 1 is 1.45 bits per heavy atom. The van der Waals surface area contributed by atoms with E-state index in [0.29, 0.717) is 24.5 Å². The Morgan fingerprint density at radius 2 is 2.20 bits per heavy atom. The lowest BCUT2D eigenvalue weighted by Crippen LogP contribution is -2.52. The van der Waals surface area contributed by atoms with Crippen molar-refractivity contribution in [2.24, 2.45) is 16.8 Å². The van der Waals surface area contributed by atoms with Crippen LogP contribution in [0.5, 0.6) is 0 Å². The van der Waals surface area contributed by atoms with E-state index in [1.165, 1.54) is 6.92 Å². The summed E-state index contributed by atoms with van der Waals surface area (Å²) in [4.78, 5) is 15.5. The van der Waals surface area contributed by atoms with Crippen LogP contribution in [0, 0.1) is 11.8 Å². The number of hydrogen-bond acceptors (Lipinski definition) is 5. The van der Waals surface area contributed by atoms with Crippen LogP contribution in [0.15, 0.2) is 4.99 Å². The standard InChI is InChI=1S/C14H24N2O3S/c1-5-6-15-14-16-12-9(3)8(2)11(7-18-10(4)17)19-13(12)20-14/h8-9,11-13H,5-7H2,1-4H3,(H,15,16)/t8-,9-,11+,12?,13?/m0/s1. The molecule has 0 aromatic rings. The summed E-state index contributed by atoms with van der Waals surface area (Å²) in [5.74, 6) is 0.545. The predicted octanol–water partition coefficient (Wildman–Crippen LogP) is 2.02. The monoisotopic (exact) mass is 300 g/mol. The first-order valence-electron chi connectivity index (χ1n) is 7.29. The van der Waals surface area contributed by atoms with Crippen LogP contribution in [0.4, 0.5) is 0 Å². The number of hydrogen-bond donors (Lipinski definition) is 1. The van der Waals surface area contributed by atoms with E-state index < -0.39 is 0 Å². The summed E-state index contributed by atoms with van der Waals surface area (Å²) in [6.07, 6.45) is 1.01. The molecule has 2 rings (SSSR count). The van der Waals surface area contributed by atoms with E-state index in [1.807, 2.05) is 0 Å². The third-order valence-corrected chi connectivity index (χ3v) is 5.14.